The summed E-state index contributed by atoms with van der Waals surface area (Å²) < 4.78 is 5.13. The van der Waals surface area contributed by atoms with E-state index in [1.54, 1.807) is 7.11 Å². The molecule has 3 aliphatic rings. The Balaban J connectivity index is 1.62. The van der Waals surface area contributed by atoms with Gasteiger partial charge in [0, 0.05) is 39.3 Å². The summed E-state index contributed by atoms with van der Waals surface area (Å²) in [5, 5.41) is 3.01. The number of fused-ring (bicyclic) bond motifs is 4. The molecule has 0 unspecified atom stereocenters. The zero-order valence-corrected chi connectivity index (χ0v) is 15.0. The topological polar surface area (TPSA) is 61.9 Å². The zero-order valence-electron chi connectivity index (χ0n) is 15.0. The first kappa shape index (κ1) is 17.7. The summed E-state index contributed by atoms with van der Waals surface area (Å²) in [6.07, 6.45) is 1.83. The molecule has 25 heavy (non-hydrogen) atoms. The van der Waals surface area contributed by atoms with Crippen LogP contribution in [0.2, 0.25) is 0 Å². The van der Waals surface area contributed by atoms with Crippen LogP contribution in [0.5, 0.6) is 0 Å². The molecule has 1 aromatic carbocycles. The van der Waals surface area contributed by atoms with Gasteiger partial charge in [-0.25, -0.2) is 4.79 Å². The number of nitrogens with one attached hydrogen (secondary N) is 1. The Hall–Kier alpha value is -2.08. The van der Waals surface area contributed by atoms with Crippen LogP contribution < -0.4 is 5.32 Å². The predicted molar refractivity (Wildman–Crippen MR) is 95.1 cm³/mol. The van der Waals surface area contributed by atoms with Crippen LogP contribution in [-0.4, -0.2) is 61.1 Å². The molecule has 0 saturated carbocycles. The van der Waals surface area contributed by atoms with Gasteiger partial charge in [0.1, 0.15) is 0 Å². The number of carbonyl (C=O) groups is 2. The number of hydrogen-bond donors (Lipinski definition) is 1. The SMILES string of the molecule is COCCN1C(=O)[C@H]2CC[C@@H]1CN(C(=O)NCc1ccccc1C)C2. The second kappa shape index (κ2) is 7.87. The van der Waals surface area contributed by atoms with Crippen molar-refractivity contribution in [1.82, 2.24) is 15.1 Å². The Morgan fingerprint density at radius 2 is 2.08 bits per heavy atom. The monoisotopic (exact) mass is 345 g/mol. The van der Waals surface area contributed by atoms with E-state index in [1.807, 2.05) is 41.0 Å². The number of ether oxygens (including phenoxy) is 1. The molecule has 2 bridgehead atoms. The van der Waals surface area contributed by atoms with Gasteiger partial charge in [0.15, 0.2) is 0 Å². The Kier molecular flexibility index (Phi) is 5.58. The Bertz CT molecular complexity index is 634. The number of rotatable bonds is 5. The molecule has 136 valence electrons. The molecule has 6 heteroatoms. The van der Waals surface area contributed by atoms with Gasteiger partial charge in [0.2, 0.25) is 5.91 Å². The third kappa shape index (κ3) is 3.95. The van der Waals surface area contributed by atoms with E-state index in [0.717, 1.165) is 18.4 Å². The fourth-order valence-corrected chi connectivity index (χ4v) is 3.78. The van der Waals surface area contributed by atoms with Gasteiger partial charge in [-0.05, 0) is 30.9 Å². The molecule has 3 heterocycles. The van der Waals surface area contributed by atoms with E-state index in [9.17, 15) is 9.59 Å². The van der Waals surface area contributed by atoms with Crippen LogP contribution in [0.1, 0.15) is 24.0 Å². The van der Waals surface area contributed by atoms with Gasteiger partial charge >= 0.3 is 6.03 Å². The Morgan fingerprint density at radius 3 is 2.84 bits per heavy atom. The summed E-state index contributed by atoms with van der Waals surface area (Å²) in [7, 11) is 1.64. The second-order valence-corrected chi connectivity index (χ2v) is 6.94. The van der Waals surface area contributed by atoms with Crippen molar-refractivity contribution in [3.05, 3.63) is 35.4 Å². The van der Waals surface area contributed by atoms with Gasteiger partial charge < -0.3 is 19.9 Å². The van der Waals surface area contributed by atoms with E-state index >= 15 is 0 Å². The van der Waals surface area contributed by atoms with E-state index in [1.165, 1.54) is 5.56 Å². The molecule has 4 rings (SSSR count). The van der Waals surface area contributed by atoms with Crippen molar-refractivity contribution in [3.8, 4) is 0 Å². The fraction of sp³-hybridized carbons (Fsp3) is 0.579. The first-order valence-electron chi connectivity index (χ1n) is 8.97. The summed E-state index contributed by atoms with van der Waals surface area (Å²) in [4.78, 5) is 29.0. The van der Waals surface area contributed by atoms with Crippen molar-refractivity contribution in [1.29, 1.82) is 0 Å². The van der Waals surface area contributed by atoms with Crippen molar-refractivity contribution in [2.24, 2.45) is 5.92 Å². The lowest BCUT2D eigenvalue weighted by atomic mass is 9.94. The molecule has 0 aliphatic carbocycles. The lowest BCUT2D eigenvalue weighted by molar-refractivity contribution is -0.140. The highest BCUT2D eigenvalue weighted by Gasteiger charge is 2.41. The van der Waals surface area contributed by atoms with Gasteiger partial charge in [0.25, 0.3) is 0 Å². The number of benzene rings is 1. The largest absolute Gasteiger partial charge is 0.383 e. The van der Waals surface area contributed by atoms with Crippen LogP contribution >= 0.6 is 0 Å². The van der Waals surface area contributed by atoms with Crippen molar-refractivity contribution < 1.29 is 14.3 Å². The van der Waals surface area contributed by atoms with Crippen LogP contribution in [0.25, 0.3) is 0 Å². The minimum absolute atomic E-state index is 0.0819. The molecule has 3 aliphatic heterocycles. The van der Waals surface area contributed by atoms with E-state index in [2.05, 4.69) is 5.32 Å². The highest BCUT2D eigenvalue weighted by atomic mass is 16.5. The molecule has 2 atom stereocenters. The maximum absolute atomic E-state index is 12.6. The molecule has 6 nitrogen and oxygen atoms in total. The van der Waals surface area contributed by atoms with Crippen molar-refractivity contribution >= 4 is 11.9 Å². The molecule has 3 fully saturated rings. The van der Waals surface area contributed by atoms with Crippen LogP contribution in [0.4, 0.5) is 4.79 Å². The normalized spacial score (nSPS) is 22.9. The summed E-state index contributed by atoms with van der Waals surface area (Å²) in [6.45, 7) is 4.81. The first-order chi connectivity index (χ1) is 12.1. The Labute approximate surface area is 149 Å². The quantitative estimate of drug-likeness (QED) is 0.885. The van der Waals surface area contributed by atoms with E-state index in [0.29, 0.717) is 32.8 Å². The molecule has 0 aromatic heterocycles. The standard InChI is InChI=1S/C19H27N3O3/c1-14-5-3-4-6-15(14)11-20-19(24)21-12-16-7-8-17(13-21)22(18(16)23)9-10-25-2/h3-6,16-17H,7-13H2,1-2H3,(H,20,24)/t16-,17+/m0/s1. The highest BCUT2D eigenvalue weighted by Crippen LogP contribution is 2.29. The average Bonchev–Trinajstić information content (AvgIpc) is 2.90. The number of amides is 3. The molecular formula is C19H27N3O3. The molecule has 3 amide bonds. The second-order valence-electron chi connectivity index (χ2n) is 6.94. The van der Waals surface area contributed by atoms with Gasteiger partial charge in [-0.3, -0.25) is 4.79 Å². The predicted octanol–water partition coefficient (Wildman–Crippen LogP) is 1.77. The average molecular weight is 345 g/mol. The minimum Gasteiger partial charge on any atom is -0.383 e. The molecule has 3 saturated heterocycles. The van der Waals surface area contributed by atoms with Crippen LogP contribution in [0.3, 0.4) is 0 Å². The van der Waals surface area contributed by atoms with Crippen LogP contribution in [0.15, 0.2) is 24.3 Å². The Morgan fingerprint density at radius 1 is 1.28 bits per heavy atom. The summed E-state index contributed by atoms with van der Waals surface area (Å²) in [5.74, 6) is 0.0855. The smallest absolute Gasteiger partial charge is 0.317 e. The third-order valence-electron chi connectivity index (χ3n) is 5.31. The third-order valence-corrected chi connectivity index (χ3v) is 5.31. The number of methoxy groups -OCH3 is 1. The van der Waals surface area contributed by atoms with Crippen LogP contribution in [-0.2, 0) is 16.1 Å². The number of nitrogens with zero attached hydrogens (tertiary/aromatic N) is 2. The molecule has 1 aromatic rings. The van der Waals surface area contributed by atoms with Crippen molar-refractivity contribution in [2.45, 2.75) is 32.4 Å². The zero-order chi connectivity index (χ0) is 17.8. The number of aryl methyl sites for hydroxylation is 1. The number of hydrogen-bond acceptors (Lipinski definition) is 3. The number of carbonyl (C=O) groups excluding carboxylic acids is 2. The summed E-state index contributed by atoms with van der Waals surface area (Å²) in [6, 6.07) is 8.06. The molecule has 1 N–H and O–H groups in total. The number of urea groups is 1. The summed E-state index contributed by atoms with van der Waals surface area (Å²) in [5.41, 5.74) is 2.28. The molecule has 0 radical (unpaired) electrons. The van der Waals surface area contributed by atoms with Gasteiger partial charge in [-0.15, -0.1) is 0 Å². The maximum Gasteiger partial charge on any atom is 0.317 e. The fourth-order valence-electron chi connectivity index (χ4n) is 3.78. The minimum atomic E-state index is -0.0835. The van der Waals surface area contributed by atoms with E-state index in [4.69, 9.17) is 4.74 Å². The van der Waals surface area contributed by atoms with Crippen molar-refractivity contribution in [3.63, 3.8) is 0 Å². The van der Waals surface area contributed by atoms with Gasteiger partial charge in [-0.1, -0.05) is 24.3 Å². The first-order valence-corrected chi connectivity index (χ1v) is 8.97. The molecule has 0 spiro atoms. The van der Waals surface area contributed by atoms with Gasteiger partial charge in [-0.2, -0.15) is 0 Å². The number of piperidine rings is 1. The maximum atomic E-state index is 12.6. The highest BCUT2D eigenvalue weighted by molar-refractivity contribution is 5.82. The van der Waals surface area contributed by atoms with Crippen LogP contribution in [0, 0.1) is 12.8 Å². The lowest BCUT2D eigenvalue weighted by Gasteiger charge is -2.35. The van der Waals surface area contributed by atoms with E-state index < -0.39 is 0 Å². The van der Waals surface area contributed by atoms with E-state index in [-0.39, 0.29) is 23.9 Å². The lowest BCUT2D eigenvalue weighted by Crippen LogP contribution is -2.49. The summed E-state index contributed by atoms with van der Waals surface area (Å²) >= 11 is 0. The van der Waals surface area contributed by atoms with Gasteiger partial charge in [0.05, 0.1) is 12.5 Å². The van der Waals surface area contributed by atoms with Crippen molar-refractivity contribution in [2.75, 3.05) is 33.4 Å². The molecular weight excluding hydrogens is 318 g/mol.